The molecule has 110 valence electrons. The molecule has 2 aromatic carbocycles. The van der Waals surface area contributed by atoms with Gasteiger partial charge in [0.15, 0.2) is 0 Å². The third kappa shape index (κ3) is 2.92. The third-order valence-corrected chi connectivity index (χ3v) is 4.51. The summed E-state index contributed by atoms with van der Waals surface area (Å²) < 4.78 is 5.25. The van der Waals surface area contributed by atoms with Gasteiger partial charge in [-0.3, -0.25) is 0 Å². The zero-order chi connectivity index (χ0) is 14.8. The molecule has 3 heteroatoms. The predicted molar refractivity (Wildman–Crippen MR) is 87.6 cm³/mol. The highest BCUT2D eigenvalue weighted by Crippen LogP contribution is 2.34. The lowest BCUT2D eigenvalue weighted by Crippen LogP contribution is -2.20. The maximum atomic E-state index is 6.47. The smallest absolute Gasteiger partial charge is 0.118 e. The Bertz CT molecular complexity index is 636. The van der Waals surface area contributed by atoms with E-state index in [-0.39, 0.29) is 0 Å². The largest absolute Gasteiger partial charge is 0.497 e. The van der Waals surface area contributed by atoms with E-state index < -0.39 is 0 Å². The molecule has 2 aromatic rings. The van der Waals surface area contributed by atoms with Crippen molar-refractivity contribution in [1.29, 1.82) is 0 Å². The molecule has 0 radical (unpaired) electrons. The van der Waals surface area contributed by atoms with Crippen molar-refractivity contribution in [2.75, 3.05) is 20.2 Å². The van der Waals surface area contributed by atoms with Crippen molar-refractivity contribution in [3.05, 3.63) is 63.7 Å². The van der Waals surface area contributed by atoms with Crippen LogP contribution in [0, 0.1) is 6.92 Å². The Balaban J connectivity index is 2.06. The highest BCUT2D eigenvalue weighted by Gasteiger charge is 2.22. The monoisotopic (exact) mass is 301 g/mol. The molecule has 1 heterocycles. The van der Waals surface area contributed by atoms with E-state index in [2.05, 4.69) is 36.5 Å². The molecule has 0 saturated heterocycles. The summed E-state index contributed by atoms with van der Waals surface area (Å²) in [6.07, 6.45) is 0.987. The van der Waals surface area contributed by atoms with Crippen LogP contribution >= 0.6 is 11.6 Å². The number of rotatable bonds is 2. The second-order valence-corrected chi connectivity index (χ2v) is 6.00. The summed E-state index contributed by atoms with van der Waals surface area (Å²) in [5, 5.41) is 4.42. The van der Waals surface area contributed by atoms with Crippen molar-refractivity contribution in [1.82, 2.24) is 5.32 Å². The fourth-order valence-corrected chi connectivity index (χ4v) is 3.45. The normalized spacial score (nSPS) is 18.0. The Labute approximate surface area is 131 Å². The van der Waals surface area contributed by atoms with Crippen LogP contribution in [0.5, 0.6) is 5.75 Å². The van der Waals surface area contributed by atoms with Gasteiger partial charge in [-0.2, -0.15) is 0 Å². The van der Waals surface area contributed by atoms with Gasteiger partial charge >= 0.3 is 0 Å². The van der Waals surface area contributed by atoms with Crippen molar-refractivity contribution in [3.63, 3.8) is 0 Å². The third-order valence-electron chi connectivity index (χ3n) is 4.17. The maximum absolute atomic E-state index is 6.47. The average molecular weight is 302 g/mol. The van der Waals surface area contributed by atoms with Gasteiger partial charge in [-0.05, 0) is 60.3 Å². The lowest BCUT2D eigenvalue weighted by molar-refractivity contribution is 0.414. The summed E-state index contributed by atoms with van der Waals surface area (Å²) in [6, 6.07) is 12.7. The van der Waals surface area contributed by atoms with E-state index in [1.54, 1.807) is 7.11 Å². The Morgan fingerprint density at radius 3 is 2.67 bits per heavy atom. The first-order valence-electron chi connectivity index (χ1n) is 7.32. The first kappa shape index (κ1) is 14.4. The van der Waals surface area contributed by atoms with Gasteiger partial charge in [0.25, 0.3) is 0 Å². The summed E-state index contributed by atoms with van der Waals surface area (Å²) in [7, 11) is 1.70. The molecular formula is C18H20ClNO. The fourth-order valence-electron chi connectivity index (χ4n) is 3.08. The zero-order valence-corrected chi connectivity index (χ0v) is 13.2. The molecule has 0 bridgehead atoms. The molecule has 0 amide bonds. The summed E-state index contributed by atoms with van der Waals surface area (Å²) in [4.78, 5) is 0. The van der Waals surface area contributed by atoms with E-state index in [0.717, 1.165) is 30.3 Å². The van der Waals surface area contributed by atoms with Crippen LogP contribution in [0.15, 0.2) is 36.4 Å². The molecule has 2 nitrogen and oxygen atoms in total. The second kappa shape index (κ2) is 6.08. The molecular weight excluding hydrogens is 282 g/mol. The Morgan fingerprint density at radius 2 is 1.95 bits per heavy atom. The number of nitrogens with one attached hydrogen (secondary N) is 1. The summed E-state index contributed by atoms with van der Waals surface area (Å²) in [5.74, 6) is 1.23. The van der Waals surface area contributed by atoms with Gasteiger partial charge in [-0.1, -0.05) is 29.8 Å². The van der Waals surface area contributed by atoms with Gasteiger partial charge in [0.05, 0.1) is 7.11 Å². The fraction of sp³-hybridized carbons (Fsp3) is 0.333. The van der Waals surface area contributed by atoms with Crippen LogP contribution in [0.2, 0.25) is 5.02 Å². The molecule has 21 heavy (non-hydrogen) atoms. The molecule has 1 aliphatic heterocycles. The minimum Gasteiger partial charge on any atom is -0.497 e. The number of benzene rings is 2. The van der Waals surface area contributed by atoms with E-state index in [0.29, 0.717) is 5.92 Å². The Morgan fingerprint density at radius 1 is 1.19 bits per heavy atom. The minimum atomic E-state index is 0.339. The van der Waals surface area contributed by atoms with Crippen LogP contribution in [-0.2, 0) is 6.42 Å². The Kier molecular flexibility index (Phi) is 4.18. The van der Waals surface area contributed by atoms with Crippen molar-refractivity contribution in [2.24, 2.45) is 0 Å². The standard InChI is InChI=1S/C18H20ClNO/c1-12-9-16-15(18(19)10-12)7-8-20-11-17(16)13-3-5-14(21-2)6-4-13/h3-6,9-10,17,20H,7-8,11H2,1-2H3/t17-/m1/s1. The van der Waals surface area contributed by atoms with Crippen LogP contribution < -0.4 is 10.1 Å². The van der Waals surface area contributed by atoms with Gasteiger partial charge in [-0.25, -0.2) is 0 Å². The SMILES string of the molecule is COc1ccc([C@H]2CNCCc3c(Cl)cc(C)cc32)cc1. The topological polar surface area (TPSA) is 21.3 Å². The van der Waals surface area contributed by atoms with Crippen LogP contribution in [0.4, 0.5) is 0 Å². The quantitative estimate of drug-likeness (QED) is 0.907. The van der Waals surface area contributed by atoms with Gasteiger partial charge in [0.1, 0.15) is 5.75 Å². The van der Waals surface area contributed by atoms with Gasteiger partial charge in [0, 0.05) is 17.5 Å². The molecule has 1 atom stereocenters. The van der Waals surface area contributed by atoms with Crippen molar-refractivity contribution >= 4 is 11.6 Å². The lowest BCUT2D eigenvalue weighted by Gasteiger charge is -2.20. The highest BCUT2D eigenvalue weighted by molar-refractivity contribution is 6.31. The molecule has 0 fully saturated rings. The minimum absolute atomic E-state index is 0.339. The van der Waals surface area contributed by atoms with E-state index in [4.69, 9.17) is 16.3 Å². The summed E-state index contributed by atoms with van der Waals surface area (Å²) in [5.41, 5.74) is 5.16. The molecule has 0 saturated carbocycles. The van der Waals surface area contributed by atoms with Crippen molar-refractivity contribution in [3.8, 4) is 5.75 Å². The van der Waals surface area contributed by atoms with Gasteiger partial charge in [0.2, 0.25) is 0 Å². The Hall–Kier alpha value is -1.51. The number of hydrogen-bond donors (Lipinski definition) is 1. The number of aryl methyl sites for hydroxylation is 1. The highest BCUT2D eigenvalue weighted by atomic mass is 35.5. The van der Waals surface area contributed by atoms with Crippen LogP contribution in [-0.4, -0.2) is 20.2 Å². The maximum Gasteiger partial charge on any atom is 0.118 e. The van der Waals surface area contributed by atoms with Crippen molar-refractivity contribution in [2.45, 2.75) is 19.3 Å². The molecule has 1 aliphatic rings. The average Bonchev–Trinajstić information content (AvgIpc) is 2.70. The summed E-state index contributed by atoms with van der Waals surface area (Å²) in [6.45, 7) is 4.02. The zero-order valence-electron chi connectivity index (χ0n) is 12.4. The van der Waals surface area contributed by atoms with Gasteiger partial charge < -0.3 is 10.1 Å². The first-order valence-corrected chi connectivity index (χ1v) is 7.70. The van der Waals surface area contributed by atoms with E-state index in [9.17, 15) is 0 Å². The number of methoxy groups -OCH3 is 1. The molecule has 0 aliphatic carbocycles. The molecule has 0 unspecified atom stereocenters. The molecule has 1 N–H and O–H groups in total. The van der Waals surface area contributed by atoms with E-state index in [1.165, 1.54) is 22.3 Å². The van der Waals surface area contributed by atoms with Crippen molar-refractivity contribution < 1.29 is 4.74 Å². The van der Waals surface area contributed by atoms with E-state index >= 15 is 0 Å². The van der Waals surface area contributed by atoms with Gasteiger partial charge in [-0.15, -0.1) is 0 Å². The second-order valence-electron chi connectivity index (χ2n) is 5.59. The summed E-state index contributed by atoms with van der Waals surface area (Å²) >= 11 is 6.47. The number of halogens is 1. The molecule has 0 aromatic heterocycles. The number of ether oxygens (including phenoxy) is 1. The van der Waals surface area contributed by atoms with E-state index in [1.807, 2.05) is 12.1 Å². The number of fused-ring (bicyclic) bond motifs is 1. The van der Waals surface area contributed by atoms with Crippen LogP contribution in [0.1, 0.15) is 28.2 Å². The number of hydrogen-bond acceptors (Lipinski definition) is 2. The van der Waals surface area contributed by atoms with Crippen LogP contribution in [0.3, 0.4) is 0 Å². The van der Waals surface area contributed by atoms with Crippen LogP contribution in [0.25, 0.3) is 0 Å². The predicted octanol–water partition coefficient (Wildman–Crippen LogP) is 3.93. The molecule has 3 rings (SSSR count). The lowest BCUT2D eigenvalue weighted by atomic mass is 9.87. The molecule has 0 spiro atoms. The first-order chi connectivity index (χ1) is 10.2.